The number of carboxylic acid groups (broad SMARTS) is 1. The molecule has 1 aromatic heterocycles. The fourth-order valence-corrected chi connectivity index (χ4v) is 2.37. The van der Waals surface area contributed by atoms with Gasteiger partial charge in [0.2, 0.25) is 5.91 Å². The predicted molar refractivity (Wildman–Crippen MR) is 66.3 cm³/mol. The van der Waals surface area contributed by atoms with Gasteiger partial charge in [0.25, 0.3) is 0 Å². The van der Waals surface area contributed by atoms with Crippen molar-refractivity contribution in [2.45, 2.75) is 13.8 Å². The van der Waals surface area contributed by atoms with Crippen LogP contribution in [0.2, 0.25) is 5.15 Å². The first-order valence-corrected chi connectivity index (χ1v) is 5.87. The molecule has 1 fully saturated rings. The average molecular weight is 269 g/mol. The van der Waals surface area contributed by atoms with Gasteiger partial charge in [-0.2, -0.15) is 0 Å². The summed E-state index contributed by atoms with van der Waals surface area (Å²) < 4.78 is 0. The van der Waals surface area contributed by atoms with E-state index in [0.29, 0.717) is 10.8 Å². The van der Waals surface area contributed by atoms with Gasteiger partial charge in [0.05, 0.1) is 23.7 Å². The van der Waals surface area contributed by atoms with Crippen LogP contribution in [0.1, 0.15) is 13.8 Å². The van der Waals surface area contributed by atoms with Crippen molar-refractivity contribution in [3.8, 4) is 0 Å². The fourth-order valence-electron chi connectivity index (χ4n) is 2.26. The third-order valence-electron chi connectivity index (χ3n) is 3.37. The molecule has 5 nitrogen and oxygen atoms in total. The van der Waals surface area contributed by atoms with E-state index in [-0.39, 0.29) is 5.91 Å². The Labute approximate surface area is 109 Å². The van der Waals surface area contributed by atoms with Crippen molar-refractivity contribution in [1.29, 1.82) is 0 Å². The Hall–Kier alpha value is -1.62. The zero-order valence-corrected chi connectivity index (χ0v) is 10.7. The highest BCUT2D eigenvalue weighted by Gasteiger charge is 2.65. The lowest BCUT2D eigenvalue weighted by molar-refractivity contribution is -0.140. The van der Waals surface area contributed by atoms with E-state index in [2.05, 4.69) is 10.3 Å². The number of nitrogens with zero attached hydrogens (tertiary/aromatic N) is 1. The van der Waals surface area contributed by atoms with Crippen LogP contribution in [0.25, 0.3) is 0 Å². The average Bonchev–Trinajstić information content (AvgIpc) is 2.85. The van der Waals surface area contributed by atoms with Crippen molar-refractivity contribution in [2.75, 3.05) is 5.32 Å². The standard InChI is InChI=1S/C12H13ClN2O3/c1-12(2)8(9(12)11(17)18)10(16)15-6-3-4-7(13)14-5-6/h3-5,8-9H,1-2H3,(H,15,16)(H,17,18)/t8-,9+/m1/s1. The summed E-state index contributed by atoms with van der Waals surface area (Å²) in [5, 5.41) is 12.0. The van der Waals surface area contributed by atoms with Crippen molar-refractivity contribution in [3.05, 3.63) is 23.5 Å². The Balaban J connectivity index is 2.06. The van der Waals surface area contributed by atoms with E-state index in [9.17, 15) is 9.59 Å². The van der Waals surface area contributed by atoms with Gasteiger partial charge < -0.3 is 10.4 Å². The number of nitrogens with one attached hydrogen (secondary N) is 1. The molecule has 0 bridgehead atoms. The fraction of sp³-hybridized carbons (Fsp3) is 0.417. The third kappa shape index (κ3) is 2.18. The topological polar surface area (TPSA) is 79.3 Å². The lowest BCUT2D eigenvalue weighted by Crippen LogP contribution is -2.17. The highest BCUT2D eigenvalue weighted by molar-refractivity contribution is 6.29. The molecule has 0 saturated heterocycles. The van der Waals surface area contributed by atoms with Crippen molar-refractivity contribution < 1.29 is 14.7 Å². The summed E-state index contributed by atoms with van der Waals surface area (Å²) in [6.45, 7) is 3.55. The number of carboxylic acids is 1. The predicted octanol–water partition coefficient (Wildman–Crippen LogP) is 2.03. The first kappa shape index (κ1) is 12.8. The van der Waals surface area contributed by atoms with Crippen molar-refractivity contribution in [1.82, 2.24) is 4.98 Å². The molecule has 1 aliphatic rings. The molecule has 2 N–H and O–H groups in total. The number of hydrogen-bond acceptors (Lipinski definition) is 3. The molecule has 0 spiro atoms. The smallest absolute Gasteiger partial charge is 0.307 e. The number of anilines is 1. The molecule has 1 heterocycles. The number of amides is 1. The van der Waals surface area contributed by atoms with Crippen LogP contribution >= 0.6 is 11.6 Å². The number of hydrogen-bond donors (Lipinski definition) is 2. The Morgan fingerprint density at radius 3 is 2.50 bits per heavy atom. The zero-order valence-electron chi connectivity index (χ0n) is 9.98. The molecule has 96 valence electrons. The summed E-state index contributed by atoms with van der Waals surface area (Å²) in [6, 6.07) is 3.18. The van der Waals surface area contributed by atoms with Crippen LogP contribution in [0.15, 0.2) is 18.3 Å². The normalized spacial score (nSPS) is 24.4. The Morgan fingerprint density at radius 2 is 2.06 bits per heavy atom. The number of carbonyl (C=O) groups excluding carboxylic acids is 1. The van der Waals surface area contributed by atoms with Gasteiger partial charge in [0, 0.05) is 0 Å². The molecule has 1 aliphatic carbocycles. The van der Waals surface area contributed by atoms with Crippen LogP contribution in [-0.4, -0.2) is 22.0 Å². The molecular weight excluding hydrogens is 256 g/mol. The lowest BCUT2D eigenvalue weighted by atomic mass is 10.1. The number of rotatable bonds is 3. The number of aromatic nitrogens is 1. The van der Waals surface area contributed by atoms with Gasteiger partial charge in [-0.1, -0.05) is 25.4 Å². The van der Waals surface area contributed by atoms with E-state index < -0.39 is 23.2 Å². The maximum Gasteiger partial charge on any atom is 0.307 e. The number of aliphatic carboxylic acids is 1. The lowest BCUT2D eigenvalue weighted by Gasteiger charge is -2.05. The molecule has 2 atom stereocenters. The van der Waals surface area contributed by atoms with E-state index in [1.165, 1.54) is 6.20 Å². The van der Waals surface area contributed by atoms with Crippen molar-refractivity contribution in [3.63, 3.8) is 0 Å². The van der Waals surface area contributed by atoms with Gasteiger partial charge in [-0.3, -0.25) is 9.59 Å². The van der Waals surface area contributed by atoms with Crippen LogP contribution in [0, 0.1) is 17.3 Å². The number of halogens is 1. The van der Waals surface area contributed by atoms with E-state index >= 15 is 0 Å². The second-order valence-corrected chi connectivity index (χ2v) is 5.36. The highest BCUT2D eigenvalue weighted by atomic mass is 35.5. The van der Waals surface area contributed by atoms with Crippen molar-refractivity contribution in [2.24, 2.45) is 17.3 Å². The van der Waals surface area contributed by atoms with E-state index in [0.717, 1.165) is 0 Å². The molecule has 0 aromatic carbocycles. The summed E-state index contributed by atoms with van der Waals surface area (Å²) in [7, 11) is 0. The SMILES string of the molecule is CC1(C)[C@H](C(=O)O)[C@@H]1C(=O)Nc1ccc(Cl)nc1. The Morgan fingerprint density at radius 1 is 1.39 bits per heavy atom. The number of pyridine rings is 1. The molecule has 6 heteroatoms. The Bertz CT molecular complexity index is 499. The second kappa shape index (κ2) is 4.24. The zero-order chi connectivity index (χ0) is 13.5. The van der Waals surface area contributed by atoms with Crippen LogP contribution in [0.4, 0.5) is 5.69 Å². The summed E-state index contributed by atoms with van der Waals surface area (Å²) in [5.74, 6) is -2.37. The van der Waals surface area contributed by atoms with Gasteiger partial charge >= 0.3 is 5.97 Å². The first-order chi connectivity index (χ1) is 8.34. The van der Waals surface area contributed by atoms with Crippen LogP contribution in [-0.2, 0) is 9.59 Å². The summed E-state index contributed by atoms with van der Waals surface area (Å²) in [4.78, 5) is 26.8. The van der Waals surface area contributed by atoms with Gasteiger partial charge in [0.1, 0.15) is 5.15 Å². The molecule has 1 amide bonds. The van der Waals surface area contributed by atoms with Crippen LogP contribution in [0.3, 0.4) is 0 Å². The highest BCUT2D eigenvalue weighted by Crippen LogP contribution is 2.58. The van der Waals surface area contributed by atoms with Gasteiger partial charge in [-0.25, -0.2) is 4.98 Å². The maximum atomic E-state index is 12.0. The quantitative estimate of drug-likeness (QED) is 0.822. The molecule has 1 saturated carbocycles. The summed E-state index contributed by atoms with van der Waals surface area (Å²) in [6.07, 6.45) is 1.44. The van der Waals surface area contributed by atoms with Crippen molar-refractivity contribution >= 4 is 29.2 Å². The summed E-state index contributed by atoms with van der Waals surface area (Å²) in [5.41, 5.74) is 0.00621. The van der Waals surface area contributed by atoms with Crippen LogP contribution in [0.5, 0.6) is 0 Å². The molecule has 0 unspecified atom stereocenters. The first-order valence-electron chi connectivity index (χ1n) is 5.49. The minimum atomic E-state index is -0.936. The van der Waals surface area contributed by atoms with E-state index in [4.69, 9.17) is 16.7 Å². The molecule has 18 heavy (non-hydrogen) atoms. The Kier molecular flexibility index (Phi) is 3.02. The van der Waals surface area contributed by atoms with E-state index in [1.54, 1.807) is 26.0 Å². The molecule has 1 aromatic rings. The minimum Gasteiger partial charge on any atom is -0.481 e. The van der Waals surface area contributed by atoms with Crippen LogP contribution < -0.4 is 5.32 Å². The number of carbonyl (C=O) groups is 2. The monoisotopic (exact) mass is 268 g/mol. The third-order valence-corrected chi connectivity index (χ3v) is 3.59. The minimum absolute atomic E-state index is 0.295. The maximum absolute atomic E-state index is 12.0. The second-order valence-electron chi connectivity index (χ2n) is 4.97. The molecule has 2 rings (SSSR count). The summed E-state index contributed by atoms with van der Waals surface area (Å²) >= 11 is 5.63. The molecule has 0 aliphatic heterocycles. The van der Waals surface area contributed by atoms with Gasteiger partial charge in [-0.15, -0.1) is 0 Å². The molecule has 0 radical (unpaired) electrons. The van der Waals surface area contributed by atoms with Gasteiger partial charge in [0.15, 0.2) is 0 Å². The molecular formula is C12H13ClN2O3. The van der Waals surface area contributed by atoms with E-state index in [1.807, 2.05) is 0 Å². The van der Waals surface area contributed by atoms with Gasteiger partial charge in [-0.05, 0) is 17.5 Å². The largest absolute Gasteiger partial charge is 0.481 e.